The van der Waals surface area contributed by atoms with Crippen LogP contribution in [0.25, 0.3) is 0 Å². The zero-order valence-electron chi connectivity index (χ0n) is 14.2. The molecule has 7 nitrogen and oxygen atoms in total. The molecule has 1 aromatic heterocycles. The van der Waals surface area contributed by atoms with Crippen LogP contribution in [0.1, 0.15) is 56.8 Å². The maximum absolute atomic E-state index is 12.7. The molecule has 1 aromatic carbocycles. The van der Waals surface area contributed by atoms with Gasteiger partial charge in [-0.05, 0) is 37.1 Å². The normalized spacial score (nSPS) is 17.2. The summed E-state index contributed by atoms with van der Waals surface area (Å²) in [5.74, 6) is -0.854. The molecule has 2 aliphatic heterocycles. The van der Waals surface area contributed by atoms with Crippen LogP contribution in [0.3, 0.4) is 0 Å². The molecular formula is C19H18N4O3. The lowest BCUT2D eigenvalue weighted by Crippen LogP contribution is -2.32. The van der Waals surface area contributed by atoms with Gasteiger partial charge in [-0.1, -0.05) is 12.8 Å². The number of hydrogen-bond acceptors (Lipinski definition) is 5. The second-order valence-electron chi connectivity index (χ2n) is 6.52. The van der Waals surface area contributed by atoms with Crippen molar-refractivity contribution in [3.8, 4) is 0 Å². The molecule has 0 spiro atoms. The Hall–Kier alpha value is -3.09. The van der Waals surface area contributed by atoms with E-state index >= 15 is 0 Å². The van der Waals surface area contributed by atoms with Crippen molar-refractivity contribution in [2.24, 2.45) is 0 Å². The van der Waals surface area contributed by atoms with E-state index in [0.29, 0.717) is 11.3 Å². The van der Waals surface area contributed by atoms with E-state index in [4.69, 9.17) is 0 Å². The zero-order chi connectivity index (χ0) is 18.1. The minimum absolute atomic E-state index is 0.00536. The molecule has 1 fully saturated rings. The number of benzene rings is 1. The fraction of sp³-hybridized carbons (Fsp3) is 0.316. The first-order valence-electron chi connectivity index (χ1n) is 8.75. The Morgan fingerprint density at radius 1 is 0.808 bits per heavy atom. The summed E-state index contributed by atoms with van der Waals surface area (Å²) in [5.41, 5.74) is 1.49. The minimum Gasteiger partial charge on any atom is -0.339 e. The molecule has 0 aliphatic carbocycles. The number of rotatable bonds is 2. The maximum Gasteiger partial charge on any atom is 0.267 e. The summed E-state index contributed by atoms with van der Waals surface area (Å²) >= 11 is 0. The average molecular weight is 350 g/mol. The van der Waals surface area contributed by atoms with Gasteiger partial charge in [-0.15, -0.1) is 0 Å². The highest BCUT2D eigenvalue weighted by Gasteiger charge is 2.37. The number of anilines is 1. The quantitative estimate of drug-likeness (QED) is 0.776. The molecule has 2 aromatic rings. The van der Waals surface area contributed by atoms with Crippen LogP contribution in [0.2, 0.25) is 0 Å². The summed E-state index contributed by atoms with van der Waals surface area (Å²) in [4.78, 5) is 40.6. The molecule has 0 radical (unpaired) electrons. The van der Waals surface area contributed by atoms with Crippen LogP contribution in [0.5, 0.6) is 0 Å². The first-order valence-corrected chi connectivity index (χ1v) is 8.75. The van der Waals surface area contributed by atoms with E-state index < -0.39 is 11.8 Å². The maximum atomic E-state index is 12.7. The smallest absolute Gasteiger partial charge is 0.267 e. The van der Waals surface area contributed by atoms with Crippen molar-refractivity contribution in [1.29, 1.82) is 0 Å². The van der Waals surface area contributed by atoms with E-state index in [9.17, 15) is 14.4 Å². The van der Waals surface area contributed by atoms with Crippen LogP contribution in [0, 0.1) is 0 Å². The third kappa shape index (κ3) is 2.75. The fourth-order valence-corrected chi connectivity index (χ4v) is 3.44. The van der Waals surface area contributed by atoms with E-state index in [-0.39, 0.29) is 17.0 Å². The van der Waals surface area contributed by atoms with Gasteiger partial charge in [0, 0.05) is 18.7 Å². The van der Waals surface area contributed by atoms with E-state index in [2.05, 4.69) is 10.2 Å². The molecule has 0 unspecified atom stereocenters. The van der Waals surface area contributed by atoms with Crippen LogP contribution in [0.15, 0.2) is 36.7 Å². The summed E-state index contributed by atoms with van der Waals surface area (Å²) in [6, 6.07) is 6.60. The van der Waals surface area contributed by atoms with E-state index in [0.717, 1.165) is 43.7 Å². The Labute approximate surface area is 150 Å². The van der Waals surface area contributed by atoms with Gasteiger partial charge >= 0.3 is 0 Å². The van der Waals surface area contributed by atoms with E-state index in [1.54, 1.807) is 24.3 Å². The third-order valence-electron chi connectivity index (χ3n) is 4.86. The lowest BCUT2D eigenvalue weighted by atomic mass is 10.1. The number of fused-ring (bicyclic) bond motifs is 1. The Morgan fingerprint density at radius 3 is 1.88 bits per heavy atom. The highest BCUT2D eigenvalue weighted by Crippen LogP contribution is 2.27. The molecule has 0 atom stereocenters. The molecule has 26 heavy (non-hydrogen) atoms. The largest absolute Gasteiger partial charge is 0.339 e. The number of likely N-dealkylation sites (tertiary alicyclic amines) is 1. The molecule has 0 saturated carbocycles. The molecule has 2 aliphatic rings. The number of imide groups is 1. The van der Waals surface area contributed by atoms with Crippen LogP contribution < -0.4 is 4.90 Å². The minimum atomic E-state index is -0.425. The SMILES string of the molecule is O=C(c1ccc(N2C(=O)c3cnncc3C2=O)cc1)N1CCCCCC1. The number of carbonyl (C=O) groups excluding carboxylic acids is 3. The Kier molecular flexibility index (Phi) is 4.20. The van der Waals surface area contributed by atoms with Crippen molar-refractivity contribution in [1.82, 2.24) is 15.1 Å². The summed E-state index contributed by atoms with van der Waals surface area (Å²) in [7, 11) is 0. The highest BCUT2D eigenvalue weighted by molar-refractivity contribution is 6.34. The van der Waals surface area contributed by atoms with Crippen molar-refractivity contribution < 1.29 is 14.4 Å². The monoisotopic (exact) mass is 350 g/mol. The molecule has 4 rings (SSSR count). The molecule has 0 bridgehead atoms. The Balaban J connectivity index is 1.56. The van der Waals surface area contributed by atoms with Crippen molar-refractivity contribution in [2.45, 2.75) is 25.7 Å². The van der Waals surface area contributed by atoms with Crippen LogP contribution in [-0.2, 0) is 0 Å². The van der Waals surface area contributed by atoms with Gasteiger partial charge < -0.3 is 4.90 Å². The predicted molar refractivity (Wildman–Crippen MR) is 94.0 cm³/mol. The first-order chi connectivity index (χ1) is 12.7. The summed E-state index contributed by atoms with van der Waals surface area (Å²) in [6.07, 6.45) is 6.97. The Bertz CT molecular complexity index is 836. The third-order valence-corrected chi connectivity index (χ3v) is 4.86. The van der Waals surface area contributed by atoms with E-state index in [1.807, 2.05) is 4.90 Å². The number of amides is 3. The van der Waals surface area contributed by atoms with Gasteiger partial charge in [-0.25, -0.2) is 4.90 Å². The molecule has 3 heterocycles. The van der Waals surface area contributed by atoms with Gasteiger partial charge in [0.15, 0.2) is 0 Å². The lowest BCUT2D eigenvalue weighted by Gasteiger charge is -2.21. The average Bonchev–Trinajstić information content (AvgIpc) is 2.87. The standard InChI is InChI=1S/C19H18N4O3/c24-17(22-9-3-1-2-4-10-22)13-5-7-14(8-6-13)23-18(25)15-11-20-21-12-16(15)19(23)26/h5-8,11-12H,1-4,9-10H2. The second kappa shape index (κ2) is 6.67. The zero-order valence-corrected chi connectivity index (χ0v) is 14.2. The lowest BCUT2D eigenvalue weighted by molar-refractivity contribution is 0.0761. The fourth-order valence-electron chi connectivity index (χ4n) is 3.44. The molecular weight excluding hydrogens is 332 g/mol. The number of aromatic nitrogens is 2. The van der Waals surface area contributed by atoms with Crippen molar-refractivity contribution in [3.63, 3.8) is 0 Å². The molecule has 3 amide bonds. The molecule has 0 N–H and O–H groups in total. The van der Waals surface area contributed by atoms with Gasteiger partial charge in [0.1, 0.15) is 0 Å². The number of hydrogen-bond donors (Lipinski definition) is 0. The predicted octanol–water partition coefficient (Wildman–Crippen LogP) is 2.29. The Morgan fingerprint density at radius 2 is 1.35 bits per heavy atom. The van der Waals surface area contributed by atoms with Crippen LogP contribution in [-0.4, -0.2) is 45.9 Å². The van der Waals surface area contributed by atoms with Crippen molar-refractivity contribution >= 4 is 23.4 Å². The number of nitrogens with zero attached hydrogens (tertiary/aromatic N) is 4. The van der Waals surface area contributed by atoms with Gasteiger partial charge in [0.25, 0.3) is 17.7 Å². The first kappa shape index (κ1) is 16.4. The van der Waals surface area contributed by atoms with Crippen molar-refractivity contribution in [2.75, 3.05) is 18.0 Å². The topological polar surface area (TPSA) is 83.5 Å². The van der Waals surface area contributed by atoms with Gasteiger partial charge in [-0.3, -0.25) is 14.4 Å². The number of carbonyl (C=O) groups is 3. The summed E-state index contributed by atoms with van der Waals surface area (Å²) in [6.45, 7) is 1.55. The van der Waals surface area contributed by atoms with Crippen LogP contribution in [0.4, 0.5) is 5.69 Å². The van der Waals surface area contributed by atoms with Crippen LogP contribution >= 0.6 is 0 Å². The van der Waals surface area contributed by atoms with Gasteiger partial charge in [0.05, 0.1) is 29.2 Å². The summed E-state index contributed by atoms with van der Waals surface area (Å²) < 4.78 is 0. The highest BCUT2D eigenvalue weighted by atomic mass is 16.2. The van der Waals surface area contributed by atoms with Gasteiger partial charge in [-0.2, -0.15) is 10.2 Å². The van der Waals surface area contributed by atoms with E-state index in [1.165, 1.54) is 12.4 Å². The molecule has 1 saturated heterocycles. The summed E-state index contributed by atoms with van der Waals surface area (Å²) in [5, 5.41) is 7.33. The second-order valence-corrected chi connectivity index (χ2v) is 6.52. The molecule has 132 valence electrons. The van der Waals surface area contributed by atoms with Gasteiger partial charge in [0.2, 0.25) is 0 Å². The molecule has 7 heteroatoms. The van der Waals surface area contributed by atoms with Crippen molar-refractivity contribution in [3.05, 3.63) is 53.3 Å².